The van der Waals surface area contributed by atoms with E-state index in [0.717, 1.165) is 29.6 Å². The van der Waals surface area contributed by atoms with Gasteiger partial charge in [0.05, 0.1) is 29.8 Å². The fourth-order valence-corrected chi connectivity index (χ4v) is 4.83. The van der Waals surface area contributed by atoms with Crippen molar-refractivity contribution in [2.75, 3.05) is 31.6 Å². The van der Waals surface area contributed by atoms with Crippen LogP contribution >= 0.6 is 22.9 Å². The maximum atomic E-state index is 13.0. The van der Waals surface area contributed by atoms with E-state index in [9.17, 15) is 4.79 Å². The summed E-state index contributed by atoms with van der Waals surface area (Å²) in [6.45, 7) is 2.81. The van der Waals surface area contributed by atoms with E-state index in [1.165, 1.54) is 11.3 Å². The number of nitrogens with one attached hydrogen (secondary N) is 1. The van der Waals surface area contributed by atoms with Gasteiger partial charge in [0.15, 0.2) is 0 Å². The Morgan fingerprint density at radius 2 is 1.90 bits per heavy atom. The maximum absolute atomic E-state index is 13.0. The van der Waals surface area contributed by atoms with E-state index in [1.54, 1.807) is 0 Å². The van der Waals surface area contributed by atoms with Crippen LogP contribution in [0.25, 0.3) is 11.0 Å². The molecule has 1 fully saturated rings. The number of hydrogen-bond donors (Lipinski definition) is 1. The molecular formula is C24H21ClN2O3S. The van der Waals surface area contributed by atoms with Gasteiger partial charge < -0.3 is 14.5 Å². The van der Waals surface area contributed by atoms with E-state index in [-0.39, 0.29) is 11.9 Å². The van der Waals surface area contributed by atoms with E-state index < -0.39 is 0 Å². The van der Waals surface area contributed by atoms with Crippen LogP contribution < -0.4 is 5.32 Å². The van der Waals surface area contributed by atoms with Crippen molar-refractivity contribution in [2.45, 2.75) is 6.04 Å². The summed E-state index contributed by atoms with van der Waals surface area (Å²) in [4.78, 5) is 15.9. The Morgan fingerprint density at radius 3 is 2.68 bits per heavy atom. The molecule has 5 nitrogen and oxygen atoms in total. The first-order valence-electron chi connectivity index (χ1n) is 10.1. The van der Waals surface area contributed by atoms with Gasteiger partial charge in [-0.2, -0.15) is 0 Å². The number of fused-ring (bicyclic) bond motifs is 1. The van der Waals surface area contributed by atoms with Gasteiger partial charge in [-0.3, -0.25) is 9.69 Å². The average Bonchev–Trinajstić information content (AvgIpc) is 3.44. The monoisotopic (exact) mass is 452 g/mol. The molecule has 0 aliphatic carbocycles. The van der Waals surface area contributed by atoms with Crippen molar-refractivity contribution in [3.05, 3.63) is 87.3 Å². The Labute approximate surface area is 189 Å². The first kappa shape index (κ1) is 20.3. The summed E-state index contributed by atoms with van der Waals surface area (Å²) < 4.78 is 12.0. The summed E-state index contributed by atoms with van der Waals surface area (Å²) in [5.41, 5.74) is 2.45. The summed E-state index contributed by atoms with van der Waals surface area (Å²) >= 11 is 7.76. The van der Waals surface area contributed by atoms with Gasteiger partial charge in [0.1, 0.15) is 11.3 Å². The number of halogens is 1. The van der Waals surface area contributed by atoms with Crippen LogP contribution in [0.3, 0.4) is 0 Å². The third-order valence-corrected chi connectivity index (χ3v) is 6.53. The van der Waals surface area contributed by atoms with E-state index in [1.807, 2.05) is 66.0 Å². The SMILES string of the molecule is O=C(Nc1c([C@@H](c2cccc(Cl)c2)N2CCOCC2)oc2ccccc12)c1cccs1. The zero-order valence-corrected chi connectivity index (χ0v) is 18.3. The van der Waals surface area contributed by atoms with Gasteiger partial charge in [-0.25, -0.2) is 0 Å². The van der Waals surface area contributed by atoms with Crippen molar-refractivity contribution in [2.24, 2.45) is 0 Å². The molecule has 0 radical (unpaired) electrons. The van der Waals surface area contributed by atoms with Crippen molar-refractivity contribution in [1.29, 1.82) is 0 Å². The quantitative estimate of drug-likeness (QED) is 0.414. The van der Waals surface area contributed by atoms with Crippen LogP contribution in [-0.4, -0.2) is 37.1 Å². The standard InChI is InChI=1S/C24H21ClN2O3S/c25-17-6-3-5-16(15-17)22(27-10-12-29-13-11-27)23-21(18-7-1-2-8-19(18)30-23)26-24(28)20-9-4-14-31-20/h1-9,14-15,22H,10-13H2,(H,26,28)/t22-/m1/s1. The Balaban J connectivity index is 1.65. The highest BCUT2D eigenvalue weighted by Gasteiger charge is 2.31. The summed E-state index contributed by atoms with van der Waals surface area (Å²) in [5, 5.41) is 6.56. The minimum atomic E-state index is -0.200. The van der Waals surface area contributed by atoms with Gasteiger partial charge in [0.25, 0.3) is 5.91 Å². The molecule has 0 saturated carbocycles. The third-order valence-electron chi connectivity index (χ3n) is 5.43. The van der Waals surface area contributed by atoms with Gasteiger partial charge >= 0.3 is 0 Å². The lowest BCUT2D eigenvalue weighted by molar-refractivity contribution is 0.0206. The number of benzene rings is 2. The lowest BCUT2D eigenvalue weighted by Crippen LogP contribution is -2.39. The highest BCUT2D eigenvalue weighted by atomic mass is 35.5. The molecule has 1 amide bonds. The smallest absolute Gasteiger partial charge is 0.265 e. The molecule has 1 aliphatic rings. The summed E-state index contributed by atoms with van der Waals surface area (Å²) in [6, 6.07) is 19.1. The molecule has 5 rings (SSSR count). The number of carbonyl (C=O) groups is 1. The number of furan rings is 1. The highest BCUT2D eigenvalue weighted by Crippen LogP contribution is 2.41. The number of amides is 1. The molecule has 1 aliphatic heterocycles. The molecule has 7 heteroatoms. The van der Waals surface area contributed by atoms with Gasteiger partial charge in [-0.15, -0.1) is 11.3 Å². The highest BCUT2D eigenvalue weighted by molar-refractivity contribution is 7.12. The molecule has 4 aromatic rings. The van der Waals surface area contributed by atoms with Crippen molar-refractivity contribution in [3.8, 4) is 0 Å². The lowest BCUT2D eigenvalue weighted by atomic mass is 10.0. The van der Waals surface area contributed by atoms with E-state index in [2.05, 4.69) is 10.2 Å². The number of thiophene rings is 1. The van der Waals surface area contributed by atoms with Crippen LogP contribution in [0.1, 0.15) is 27.0 Å². The molecule has 2 aromatic carbocycles. The zero-order valence-electron chi connectivity index (χ0n) is 16.7. The predicted octanol–water partition coefficient (Wildman–Crippen LogP) is 5.82. The van der Waals surface area contributed by atoms with Crippen molar-refractivity contribution in [3.63, 3.8) is 0 Å². The normalized spacial score (nSPS) is 15.8. The Bertz CT molecular complexity index is 1200. The molecule has 0 bridgehead atoms. The van der Waals surface area contributed by atoms with Crippen molar-refractivity contribution < 1.29 is 13.9 Å². The fraction of sp³-hybridized carbons (Fsp3) is 0.208. The van der Waals surface area contributed by atoms with Gasteiger partial charge in [-0.05, 0) is 41.3 Å². The number of nitrogens with zero attached hydrogens (tertiary/aromatic N) is 1. The minimum absolute atomic E-state index is 0.144. The predicted molar refractivity (Wildman–Crippen MR) is 124 cm³/mol. The Hall–Kier alpha value is -2.64. The molecule has 158 valence electrons. The molecule has 1 atom stereocenters. The number of carbonyl (C=O) groups excluding carboxylic acids is 1. The van der Waals surface area contributed by atoms with Gasteiger partial charge in [-0.1, -0.05) is 41.9 Å². The first-order chi connectivity index (χ1) is 15.2. The molecular weight excluding hydrogens is 432 g/mol. The second-order valence-electron chi connectivity index (χ2n) is 7.37. The zero-order chi connectivity index (χ0) is 21.2. The number of ether oxygens (including phenoxy) is 1. The van der Waals surface area contributed by atoms with Crippen LogP contribution in [0.2, 0.25) is 5.02 Å². The van der Waals surface area contributed by atoms with Crippen LogP contribution in [-0.2, 0) is 4.74 Å². The molecule has 1 saturated heterocycles. The van der Waals surface area contributed by atoms with Gasteiger partial charge in [0.2, 0.25) is 0 Å². The van der Waals surface area contributed by atoms with Crippen LogP contribution in [0.5, 0.6) is 0 Å². The van der Waals surface area contributed by atoms with Crippen molar-refractivity contribution in [1.82, 2.24) is 4.90 Å². The third kappa shape index (κ3) is 4.12. The molecule has 0 unspecified atom stereocenters. The lowest BCUT2D eigenvalue weighted by Gasteiger charge is -2.34. The minimum Gasteiger partial charge on any atom is -0.457 e. The number of hydrogen-bond acceptors (Lipinski definition) is 5. The first-order valence-corrected chi connectivity index (χ1v) is 11.4. The fourth-order valence-electron chi connectivity index (χ4n) is 4.01. The molecule has 2 aromatic heterocycles. The largest absolute Gasteiger partial charge is 0.457 e. The van der Waals surface area contributed by atoms with Crippen molar-refractivity contribution >= 4 is 45.5 Å². The van der Waals surface area contributed by atoms with Crippen LogP contribution in [0.15, 0.2) is 70.5 Å². The topological polar surface area (TPSA) is 54.7 Å². The van der Waals surface area contributed by atoms with E-state index in [4.69, 9.17) is 20.8 Å². The number of anilines is 1. The van der Waals surface area contributed by atoms with Crippen LogP contribution in [0, 0.1) is 0 Å². The summed E-state index contributed by atoms with van der Waals surface area (Å²) in [7, 11) is 0. The number of rotatable bonds is 5. The summed E-state index contributed by atoms with van der Waals surface area (Å²) in [6.07, 6.45) is 0. The van der Waals surface area contributed by atoms with Gasteiger partial charge in [0, 0.05) is 23.5 Å². The average molecular weight is 453 g/mol. The molecule has 0 spiro atoms. The molecule has 1 N–H and O–H groups in total. The summed E-state index contributed by atoms with van der Waals surface area (Å²) in [5.74, 6) is 0.560. The van der Waals surface area contributed by atoms with Crippen LogP contribution in [0.4, 0.5) is 5.69 Å². The second kappa shape index (κ2) is 8.85. The Kier molecular flexibility index (Phi) is 5.78. The number of para-hydroxylation sites is 1. The Morgan fingerprint density at radius 1 is 1.06 bits per heavy atom. The maximum Gasteiger partial charge on any atom is 0.265 e. The number of morpholine rings is 1. The second-order valence-corrected chi connectivity index (χ2v) is 8.76. The van der Waals surface area contributed by atoms with E-state index >= 15 is 0 Å². The van der Waals surface area contributed by atoms with E-state index in [0.29, 0.717) is 34.6 Å². The molecule has 3 heterocycles. The molecule has 31 heavy (non-hydrogen) atoms.